The van der Waals surface area contributed by atoms with Gasteiger partial charge in [-0.2, -0.15) is 0 Å². The molecule has 0 saturated carbocycles. The second kappa shape index (κ2) is 6.32. The van der Waals surface area contributed by atoms with E-state index in [2.05, 4.69) is 10.3 Å². The Morgan fingerprint density at radius 3 is 2.68 bits per heavy atom. The first-order valence-corrected chi connectivity index (χ1v) is 7.18. The number of hydrogen-bond acceptors (Lipinski definition) is 4. The highest BCUT2D eigenvalue weighted by atomic mass is 35.5. The number of hydrogen-bond donors (Lipinski definition) is 1. The molecule has 1 unspecified atom stereocenters. The van der Waals surface area contributed by atoms with Crippen molar-refractivity contribution in [3.8, 4) is 0 Å². The van der Waals surface area contributed by atoms with Crippen LogP contribution in [0.2, 0.25) is 5.15 Å². The molecule has 1 amide bonds. The van der Waals surface area contributed by atoms with Gasteiger partial charge in [0, 0.05) is 5.39 Å². The van der Waals surface area contributed by atoms with Crippen LogP contribution in [0.4, 0.5) is 4.79 Å². The third kappa shape index (κ3) is 3.95. The largest absolute Gasteiger partial charge is 0.444 e. The van der Waals surface area contributed by atoms with Gasteiger partial charge in [0.15, 0.2) is 0 Å². The lowest BCUT2D eigenvalue weighted by Gasteiger charge is -2.21. The SMILES string of the molecule is CC(C)(C)OC(=O)NC(C=O)c1cc2ccccc2c(Cl)n1. The Hall–Kier alpha value is -2.14. The van der Waals surface area contributed by atoms with Gasteiger partial charge in [-0.3, -0.25) is 0 Å². The van der Waals surface area contributed by atoms with E-state index in [9.17, 15) is 9.59 Å². The van der Waals surface area contributed by atoms with Gasteiger partial charge in [0.2, 0.25) is 0 Å². The summed E-state index contributed by atoms with van der Waals surface area (Å²) in [6.45, 7) is 5.23. The maximum absolute atomic E-state index is 11.8. The van der Waals surface area contributed by atoms with E-state index in [1.807, 2.05) is 24.3 Å². The zero-order chi connectivity index (χ0) is 16.3. The molecule has 0 aliphatic rings. The summed E-state index contributed by atoms with van der Waals surface area (Å²) < 4.78 is 5.14. The highest BCUT2D eigenvalue weighted by Crippen LogP contribution is 2.24. The van der Waals surface area contributed by atoms with Gasteiger partial charge in [-0.15, -0.1) is 0 Å². The van der Waals surface area contributed by atoms with Crippen LogP contribution in [0.25, 0.3) is 10.8 Å². The Labute approximate surface area is 133 Å². The molecule has 5 nitrogen and oxygen atoms in total. The number of alkyl carbamates (subject to hydrolysis) is 1. The molecule has 0 spiro atoms. The van der Waals surface area contributed by atoms with E-state index in [0.717, 1.165) is 10.8 Å². The van der Waals surface area contributed by atoms with E-state index in [4.69, 9.17) is 16.3 Å². The van der Waals surface area contributed by atoms with Crippen molar-refractivity contribution < 1.29 is 14.3 Å². The van der Waals surface area contributed by atoms with Crippen LogP contribution < -0.4 is 5.32 Å². The summed E-state index contributed by atoms with van der Waals surface area (Å²) in [5, 5.41) is 4.39. The van der Waals surface area contributed by atoms with Crippen molar-refractivity contribution in [3.63, 3.8) is 0 Å². The van der Waals surface area contributed by atoms with Crippen molar-refractivity contribution >= 4 is 34.8 Å². The summed E-state index contributed by atoms with van der Waals surface area (Å²) >= 11 is 6.14. The summed E-state index contributed by atoms with van der Waals surface area (Å²) in [4.78, 5) is 27.3. The minimum atomic E-state index is -0.919. The van der Waals surface area contributed by atoms with E-state index in [0.29, 0.717) is 12.0 Å². The normalized spacial score (nSPS) is 12.7. The topological polar surface area (TPSA) is 68.3 Å². The van der Waals surface area contributed by atoms with Crippen LogP contribution in [0, 0.1) is 0 Å². The van der Waals surface area contributed by atoms with E-state index in [-0.39, 0.29) is 5.15 Å². The molecule has 0 radical (unpaired) electrons. The summed E-state index contributed by atoms with van der Waals surface area (Å²) in [6.07, 6.45) is -0.0900. The average Bonchev–Trinajstić information content (AvgIpc) is 2.43. The molecule has 0 aliphatic heterocycles. The molecule has 2 aromatic rings. The molecule has 1 atom stereocenters. The molecule has 0 bridgehead atoms. The fraction of sp³-hybridized carbons (Fsp3) is 0.312. The molecule has 116 valence electrons. The lowest BCUT2D eigenvalue weighted by molar-refractivity contribution is -0.109. The predicted molar refractivity (Wildman–Crippen MR) is 84.9 cm³/mol. The third-order valence-corrected chi connectivity index (χ3v) is 3.13. The molecule has 2 rings (SSSR count). The number of benzene rings is 1. The number of carbonyl (C=O) groups is 2. The van der Waals surface area contributed by atoms with Crippen molar-refractivity contribution in [1.29, 1.82) is 0 Å². The van der Waals surface area contributed by atoms with Crippen LogP contribution in [-0.2, 0) is 9.53 Å². The molecule has 1 aromatic heterocycles. The van der Waals surface area contributed by atoms with Crippen LogP contribution in [0.3, 0.4) is 0 Å². The summed E-state index contributed by atoms with van der Waals surface area (Å²) in [5.41, 5.74) is -0.282. The van der Waals surface area contributed by atoms with Crippen LogP contribution in [0.1, 0.15) is 32.5 Å². The first-order valence-electron chi connectivity index (χ1n) is 6.80. The van der Waals surface area contributed by atoms with Crippen LogP contribution in [0.15, 0.2) is 30.3 Å². The molecule has 6 heteroatoms. The number of rotatable bonds is 3. The molecule has 1 N–H and O–H groups in total. The molecule has 1 heterocycles. The van der Waals surface area contributed by atoms with Crippen LogP contribution in [-0.4, -0.2) is 23.0 Å². The molecular formula is C16H17ClN2O3. The van der Waals surface area contributed by atoms with Gasteiger partial charge in [-0.1, -0.05) is 35.9 Å². The monoisotopic (exact) mass is 320 g/mol. The minimum Gasteiger partial charge on any atom is -0.444 e. The Bertz CT molecular complexity index is 710. The highest BCUT2D eigenvalue weighted by molar-refractivity contribution is 6.34. The van der Waals surface area contributed by atoms with Crippen LogP contribution in [0.5, 0.6) is 0 Å². The van der Waals surface area contributed by atoms with E-state index < -0.39 is 17.7 Å². The summed E-state index contributed by atoms with van der Waals surface area (Å²) in [7, 11) is 0. The van der Waals surface area contributed by atoms with Crippen LogP contribution >= 0.6 is 11.6 Å². The van der Waals surface area contributed by atoms with Gasteiger partial charge in [0.25, 0.3) is 0 Å². The quantitative estimate of drug-likeness (QED) is 0.692. The maximum Gasteiger partial charge on any atom is 0.408 e. The molecule has 0 fully saturated rings. The highest BCUT2D eigenvalue weighted by Gasteiger charge is 2.21. The predicted octanol–water partition coefficient (Wildman–Crippen LogP) is 3.65. The molecule has 1 aromatic carbocycles. The number of aromatic nitrogens is 1. The number of ether oxygens (including phenoxy) is 1. The number of fused-ring (bicyclic) bond motifs is 1. The van der Waals surface area contributed by atoms with Crippen molar-refractivity contribution in [2.75, 3.05) is 0 Å². The zero-order valence-corrected chi connectivity index (χ0v) is 13.3. The van der Waals surface area contributed by atoms with Gasteiger partial charge in [-0.05, 0) is 32.2 Å². The van der Waals surface area contributed by atoms with Crippen molar-refractivity contribution in [2.45, 2.75) is 32.4 Å². The Balaban J connectivity index is 2.28. The molecule has 0 saturated heterocycles. The lowest BCUT2D eigenvalue weighted by Crippen LogP contribution is -2.35. The standard InChI is InChI=1S/C16H17ClN2O3/c1-16(2,3)22-15(21)19-13(9-20)12-8-10-6-4-5-7-11(10)14(17)18-12/h4-9,13H,1-3H3,(H,19,21). The van der Waals surface area contributed by atoms with E-state index in [1.54, 1.807) is 26.8 Å². The fourth-order valence-corrected chi connectivity index (χ4v) is 2.22. The molecule has 0 aliphatic carbocycles. The average molecular weight is 321 g/mol. The van der Waals surface area contributed by atoms with E-state index in [1.165, 1.54) is 0 Å². The third-order valence-electron chi connectivity index (χ3n) is 2.84. The Morgan fingerprint density at radius 1 is 1.36 bits per heavy atom. The van der Waals surface area contributed by atoms with Crippen molar-refractivity contribution in [2.24, 2.45) is 0 Å². The lowest BCUT2D eigenvalue weighted by atomic mass is 10.1. The number of pyridine rings is 1. The number of carbonyl (C=O) groups excluding carboxylic acids is 2. The summed E-state index contributed by atoms with van der Waals surface area (Å²) in [6, 6.07) is 8.22. The first kappa shape index (κ1) is 16.2. The fourth-order valence-electron chi connectivity index (χ4n) is 1.95. The smallest absolute Gasteiger partial charge is 0.408 e. The van der Waals surface area contributed by atoms with E-state index >= 15 is 0 Å². The van der Waals surface area contributed by atoms with Gasteiger partial charge < -0.3 is 14.8 Å². The molecule has 22 heavy (non-hydrogen) atoms. The van der Waals surface area contributed by atoms with Gasteiger partial charge in [0.05, 0.1) is 5.69 Å². The number of nitrogens with zero attached hydrogens (tertiary/aromatic N) is 1. The number of halogens is 1. The minimum absolute atomic E-state index is 0.283. The maximum atomic E-state index is 11.8. The number of amides is 1. The zero-order valence-electron chi connectivity index (χ0n) is 12.6. The molecular weight excluding hydrogens is 304 g/mol. The second-order valence-corrected chi connectivity index (χ2v) is 6.18. The Kier molecular flexibility index (Phi) is 4.66. The number of nitrogens with one attached hydrogen (secondary N) is 1. The van der Waals surface area contributed by atoms with Gasteiger partial charge in [0.1, 0.15) is 23.1 Å². The second-order valence-electron chi connectivity index (χ2n) is 5.82. The summed E-state index contributed by atoms with van der Waals surface area (Å²) in [5.74, 6) is 0. The van der Waals surface area contributed by atoms with Crippen molar-refractivity contribution in [1.82, 2.24) is 10.3 Å². The van der Waals surface area contributed by atoms with Crippen molar-refractivity contribution in [3.05, 3.63) is 41.2 Å². The Morgan fingerprint density at radius 2 is 2.05 bits per heavy atom. The first-order chi connectivity index (χ1) is 10.3. The van der Waals surface area contributed by atoms with Gasteiger partial charge in [-0.25, -0.2) is 9.78 Å². The number of aldehydes is 1. The van der Waals surface area contributed by atoms with Gasteiger partial charge >= 0.3 is 6.09 Å².